The van der Waals surface area contributed by atoms with Gasteiger partial charge in [0.1, 0.15) is 0 Å². The second-order valence-electron chi connectivity index (χ2n) is 6.44. The Balaban J connectivity index is 1.80. The summed E-state index contributed by atoms with van der Waals surface area (Å²) in [4.78, 5) is 2.53. The molecule has 0 saturated heterocycles. The Hall–Kier alpha value is -0.820. The molecule has 22 heavy (non-hydrogen) atoms. The van der Waals surface area contributed by atoms with Crippen LogP contribution in [0.3, 0.4) is 0 Å². The van der Waals surface area contributed by atoms with Gasteiger partial charge in [0.25, 0.3) is 0 Å². The number of aryl methyl sites for hydroxylation is 1. The molecule has 1 rings (SSSR count). The molecule has 0 N–H and O–H groups in total. The van der Waals surface area contributed by atoms with E-state index in [1.807, 2.05) is 0 Å². The highest BCUT2D eigenvalue weighted by Crippen LogP contribution is 2.12. The molecule has 0 amide bonds. The van der Waals surface area contributed by atoms with Crippen LogP contribution in [-0.2, 0) is 6.42 Å². The van der Waals surface area contributed by atoms with Gasteiger partial charge < -0.3 is 4.90 Å². The lowest BCUT2D eigenvalue weighted by molar-refractivity contribution is 0.295. The van der Waals surface area contributed by atoms with Gasteiger partial charge >= 0.3 is 0 Å². The largest absolute Gasteiger partial charge is 0.304 e. The lowest BCUT2D eigenvalue weighted by Gasteiger charge is -2.17. The Bertz CT molecular complexity index is 329. The maximum atomic E-state index is 2.53. The fourth-order valence-electron chi connectivity index (χ4n) is 3.09. The van der Waals surface area contributed by atoms with Crippen LogP contribution in [0, 0.1) is 0 Å². The standard InChI is InChI=1S/C21H37N/c1-3-22(4-2)20-16-11-9-7-5-6-8-10-13-17-21-18-14-12-15-19-21/h12,14-15,18-19H,3-11,13,16-17,20H2,1-2H3. The first kappa shape index (κ1) is 19.2. The topological polar surface area (TPSA) is 3.24 Å². The molecule has 0 atom stereocenters. The minimum absolute atomic E-state index is 1.21. The third-order valence-electron chi connectivity index (χ3n) is 4.68. The Labute approximate surface area is 139 Å². The van der Waals surface area contributed by atoms with E-state index in [0.717, 1.165) is 0 Å². The van der Waals surface area contributed by atoms with Gasteiger partial charge in [0, 0.05) is 0 Å². The van der Waals surface area contributed by atoms with Gasteiger partial charge in [-0.25, -0.2) is 0 Å². The number of nitrogens with zero attached hydrogens (tertiary/aromatic N) is 1. The summed E-state index contributed by atoms with van der Waals surface area (Å²) in [5.41, 5.74) is 1.50. The average molecular weight is 304 g/mol. The average Bonchev–Trinajstić information content (AvgIpc) is 2.57. The summed E-state index contributed by atoms with van der Waals surface area (Å²) in [6.45, 7) is 8.24. The zero-order valence-corrected chi connectivity index (χ0v) is 15.0. The van der Waals surface area contributed by atoms with E-state index >= 15 is 0 Å². The monoisotopic (exact) mass is 303 g/mol. The minimum Gasteiger partial charge on any atom is -0.304 e. The third kappa shape index (κ3) is 10.00. The van der Waals surface area contributed by atoms with Crippen molar-refractivity contribution in [3.63, 3.8) is 0 Å². The van der Waals surface area contributed by atoms with Crippen LogP contribution in [0.2, 0.25) is 0 Å². The molecule has 0 fully saturated rings. The second-order valence-corrected chi connectivity index (χ2v) is 6.44. The van der Waals surface area contributed by atoms with Crippen molar-refractivity contribution >= 4 is 0 Å². The summed E-state index contributed by atoms with van der Waals surface area (Å²) in [5, 5.41) is 0. The predicted octanol–water partition coefficient (Wildman–Crippen LogP) is 6.08. The summed E-state index contributed by atoms with van der Waals surface area (Å²) in [6, 6.07) is 10.9. The molecule has 0 unspecified atom stereocenters. The molecule has 126 valence electrons. The molecule has 1 aromatic rings. The molecule has 0 aromatic heterocycles. The van der Waals surface area contributed by atoms with Gasteiger partial charge in [0.2, 0.25) is 0 Å². The third-order valence-corrected chi connectivity index (χ3v) is 4.68. The van der Waals surface area contributed by atoms with Crippen LogP contribution in [0.25, 0.3) is 0 Å². The molecule has 1 aromatic carbocycles. The Morgan fingerprint density at radius 2 is 1.14 bits per heavy atom. The highest BCUT2D eigenvalue weighted by molar-refractivity contribution is 5.14. The van der Waals surface area contributed by atoms with Crippen LogP contribution in [-0.4, -0.2) is 24.5 Å². The zero-order chi connectivity index (χ0) is 15.9. The van der Waals surface area contributed by atoms with Crippen molar-refractivity contribution in [3.05, 3.63) is 35.9 Å². The first-order chi connectivity index (χ1) is 10.9. The SMILES string of the molecule is CCN(CC)CCCCCCCCCCCc1ccccc1. The molecule has 0 saturated carbocycles. The van der Waals surface area contributed by atoms with Crippen molar-refractivity contribution in [2.45, 2.75) is 78.1 Å². The van der Waals surface area contributed by atoms with E-state index in [4.69, 9.17) is 0 Å². The highest BCUT2D eigenvalue weighted by Gasteiger charge is 1.98. The predicted molar refractivity (Wildman–Crippen MR) is 99.5 cm³/mol. The van der Waals surface area contributed by atoms with Crippen LogP contribution < -0.4 is 0 Å². The minimum atomic E-state index is 1.21. The second kappa shape index (κ2) is 13.8. The van der Waals surface area contributed by atoms with Gasteiger partial charge in [0.05, 0.1) is 0 Å². The van der Waals surface area contributed by atoms with E-state index < -0.39 is 0 Å². The smallest absolute Gasteiger partial charge is 0.00190 e. The number of hydrogen-bond acceptors (Lipinski definition) is 1. The van der Waals surface area contributed by atoms with Crippen molar-refractivity contribution < 1.29 is 0 Å². The molecule has 0 aliphatic heterocycles. The fraction of sp³-hybridized carbons (Fsp3) is 0.714. The van der Waals surface area contributed by atoms with Crippen LogP contribution in [0.5, 0.6) is 0 Å². The maximum Gasteiger partial charge on any atom is -0.00190 e. The summed E-state index contributed by atoms with van der Waals surface area (Å²) >= 11 is 0. The van der Waals surface area contributed by atoms with Gasteiger partial charge in [-0.15, -0.1) is 0 Å². The van der Waals surface area contributed by atoms with E-state index in [2.05, 4.69) is 49.1 Å². The molecular weight excluding hydrogens is 266 g/mol. The summed E-state index contributed by atoms with van der Waals surface area (Å²) in [5.74, 6) is 0. The molecule has 0 aliphatic rings. The van der Waals surface area contributed by atoms with E-state index in [0.29, 0.717) is 0 Å². The Morgan fingerprint density at radius 1 is 0.636 bits per heavy atom. The number of rotatable bonds is 14. The normalized spacial score (nSPS) is 11.2. The van der Waals surface area contributed by atoms with Gasteiger partial charge in [-0.1, -0.05) is 89.1 Å². The van der Waals surface area contributed by atoms with Crippen LogP contribution in [0.15, 0.2) is 30.3 Å². The quantitative estimate of drug-likeness (QED) is 0.376. The molecule has 0 bridgehead atoms. The summed E-state index contributed by atoms with van der Waals surface area (Å²) < 4.78 is 0. The molecule has 0 heterocycles. The summed E-state index contributed by atoms with van der Waals surface area (Å²) in [7, 11) is 0. The first-order valence-electron chi connectivity index (χ1n) is 9.63. The molecule has 1 heteroatoms. The van der Waals surface area contributed by atoms with Crippen molar-refractivity contribution in [1.82, 2.24) is 4.90 Å². The van der Waals surface area contributed by atoms with E-state index in [-0.39, 0.29) is 0 Å². The number of benzene rings is 1. The number of unbranched alkanes of at least 4 members (excludes halogenated alkanes) is 8. The van der Waals surface area contributed by atoms with Gasteiger partial charge in [-0.2, -0.15) is 0 Å². The molecule has 0 spiro atoms. The van der Waals surface area contributed by atoms with E-state index in [9.17, 15) is 0 Å². The van der Waals surface area contributed by atoms with Gasteiger partial charge in [0.15, 0.2) is 0 Å². The van der Waals surface area contributed by atoms with Crippen molar-refractivity contribution in [1.29, 1.82) is 0 Å². The van der Waals surface area contributed by atoms with Gasteiger partial charge in [-0.05, 0) is 44.5 Å². The van der Waals surface area contributed by atoms with Crippen LogP contribution in [0.1, 0.15) is 77.2 Å². The Morgan fingerprint density at radius 3 is 1.68 bits per heavy atom. The number of hydrogen-bond donors (Lipinski definition) is 0. The lowest BCUT2D eigenvalue weighted by atomic mass is 10.0. The molecular formula is C21H37N. The highest BCUT2D eigenvalue weighted by atomic mass is 15.1. The Kier molecular flexibility index (Phi) is 12.1. The van der Waals surface area contributed by atoms with Crippen molar-refractivity contribution in [2.24, 2.45) is 0 Å². The molecule has 0 aliphatic carbocycles. The molecule has 1 nitrogen and oxygen atoms in total. The fourth-order valence-corrected chi connectivity index (χ4v) is 3.09. The molecule has 0 radical (unpaired) electrons. The van der Waals surface area contributed by atoms with Crippen LogP contribution in [0.4, 0.5) is 0 Å². The maximum absolute atomic E-state index is 2.53. The summed E-state index contributed by atoms with van der Waals surface area (Å²) in [6.07, 6.45) is 14.0. The first-order valence-corrected chi connectivity index (χ1v) is 9.63. The van der Waals surface area contributed by atoms with Crippen molar-refractivity contribution in [3.8, 4) is 0 Å². The van der Waals surface area contributed by atoms with Crippen LogP contribution >= 0.6 is 0 Å². The van der Waals surface area contributed by atoms with E-state index in [1.54, 1.807) is 0 Å². The lowest BCUT2D eigenvalue weighted by Crippen LogP contribution is -2.23. The van der Waals surface area contributed by atoms with E-state index in [1.165, 1.54) is 89.4 Å². The van der Waals surface area contributed by atoms with Crippen molar-refractivity contribution in [2.75, 3.05) is 19.6 Å². The van der Waals surface area contributed by atoms with Gasteiger partial charge in [-0.3, -0.25) is 0 Å². The zero-order valence-electron chi connectivity index (χ0n) is 15.0.